The molecule has 0 amide bonds. The van der Waals surface area contributed by atoms with Crippen LogP contribution < -0.4 is 0 Å². The summed E-state index contributed by atoms with van der Waals surface area (Å²) >= 11 is 0. The second-order valence-corrected chi connectivity index (χ2v) is 5.38. The molecule has 1 aliphatic rings. The van der Waals surface area contributed by atoms with Crippen LogP contribution in [0.1, 0.15) is 22.8 Å². The number of carbonyl (C=O) groups is 1. The Labute approximate surface area is 122 Å². The lowest BCUT2D eigenvalue weighted by Gasteiger charge is -2.32. The molecule has 1 aliphatic heterocycles. The van der Waals surface area contributed by atoms with Gasteiger partial charge in [-0.25, -0.2) is 4.98 Å². The second-order valence-electron chi connectivity index (χ2n) is 5.38. The highest BCUT2D eigenvalue weighted by molar-refractivity contribution is 5.74. The van der Waals surface area contributed by atoms with Gasteiger partial charge in [0.15, 0.2) is 0 Å². The fraction of sp³-hybridized carbons (Fsp3) is 0.400. The quantitative estimate of drug-likeness (QED) is 0.881. The second kappa shape index (κ2) is 5.65. The third-order valence-corrected chi connectivity index (χ3v) is 3.88. The van der Waals surface area contributed by atoms with Crippen molar-refractivity contribution in [2.24, 2.45) is 0 Å². The minimum absolute atomic E-state index is 0.454. The highest BCUT2D eigenvalue weighted by Gasteiger charge is 2.32. The maximum atomic E-state index is 11.5. The first-order chi connectivity index (χ1) is 10.1. The molecule has 21 heavy (non-hydrogen) atoms. The van der Waals surface area contributed by atoms with Crippen molar-refractivity contribution in [2.75, 3.05) is 6.54 Å². The van der Waals surface area contributed by atoms with E-state index in [2.05, 4.69) is 15.0 Å². The Morgan fingerprint density at radius 3 is 3.14 bits per heavy atom. The SMILES string of the molecule is Cc1cccc(CCN2Cc3[nH]cnc3CC2C(=O)O)n1. The largest absolute Gasteiger partial charge is 0.480 e. The van der Waals surface area contributed by atoms with Gasteiger partial charge in [0.05, 0.1) is 17.7 Å². The van der Waals surface area contributed by atoms with E-state index in [1.807, 2.05) is 30.0 Å². The van der Waals surface area contributed by atoms with Crippen molar-refractivity contribution < 1.29 is 9.90 Å². The number of pyridine rings is 1. The van der Waals surface area contributed by atoms with Crippen molar-refractivity contribution in [3.8, 4) is 0 Å². The van der Waals surface area contributed by atoms with Crippen LogP contribution in [0.2, 0.25) is 0 Å². The van der Waals surface area contributed by atoms with E-state index in [1.165, 1.54) is 0 Å². The number of carboxylic acids is 1. The van der Waals surface area contributed by atoms with Gasteiger partial charge < -0.3 is 10.1 Å². The minimum atomic E-state index is -0.791. The average Bonchev–Trinajstić information content (AvgIpc) is 2.91. The summed E-state index contributed by atoms with van der Waals surface area (Å²) < 4.78 is 0. The van der Waals surface area contributed by atoms with Crippen LogP contribution in [0.15, 0.2) is 24.5 Å². The minimum Gasteiger partial charge on any atom is -0.480 e. The van der Waals surface area contributed by atoms with E-state index in [0.29, 0.717) is 19.5 Å². The molecule has 2 N–H and O–H groups in total. The average molecular weight is 286 g/mol. The molecule has 110 valence electrons. The fourth-order valence-electron chi connectivity index (χ4n) is 2.76. The number of H-pyrrole nitrogens is 1. The van der Waals surface area contributed by atoms with Crippen LogP contribution in [0.4, 0.5) is 0 Å². The van der Waals surface area contributed by atoms with Gasteiger partial charge in [0, 0.05) is 37.3 Å². The number of fused-ring (bicyclic) bond motifs is 1. The van der Waals surface area contributed by atoms with Gasteiger partial charge in [-0.15, -0.1) is 0 Å². The smallest absolute Gasteiger partial charge is 0.321 e. The zero-order chi connectivity index (χ0) is 14.8. The third-order valence-electron chi connectivity index (χ3n) is 3.88. The Balaban J connectivity index is 1.72. The molecule has 2 aromatic heterocycles. The zero-order valence-electron chi connectivity index (χ0n) is 11.9. The number of hydrogen-bond acceptors (Lipinski definition) is 4. The van der Waals surface area contributed by atoms with Crippen LogP contribution in [0.3, 0.4) is 0 Å². The number of nitrogens with zero attached hydrogens (tertiary/aromatic N) is 3. The van der Waals surface area contributed by atoms with Crippen molar-refractivity contribution in [3.63, 3.8) is 0 Å². The summed E-state index contributed by atoms with van der Waals surface area (Å²) in [4.78, 5) is 25.2. The maximum absolute atomic E-state index is 11.5. The highest BCUT2D eigenvalue weighted by atomic mass is 16.4. The Bertz CT molecular complexity index is 653. The van der Waals surface area contributed by atoms with E-state index in [4.69, 9.17) is 0 Å². The number of nitrogens with one attached hydrogen (secondary N) is 1. The van der Waals surface area contributed by atoms with Gasteiger partial charge in [-0.2, -0.15) is 0 Å². The molecule has 0 aliphatic carbocycles. The molecule has 3 heterocycles. The monoisotopic (exact) mass is 286 g/mol. The molecule has 0 fully saturated rings. The van der Waals surface area contributed by atoms with E-state index in [1.54, 1.807) is 6.33 Å². The van der Waals surface area contributed by atoms with Gasteiger partial charge >= 0.3 is 5.97 Å². The number of aromatic nitrogens is 3. The molecule has 0 saturated heterocycles. The van der Waals surface area contributed by atoms with E-state index in [9.17, 15) is 9.90 Å². The first-order valence-corrected chi connectivity index (χ1v) is 7.04. The van der Waals surface area contributed by atoms with Crippen LogP contribution >= 0.6 is 0 Å². The lowest BCUT2D eigenvalue weighted by atomic mass is 10.0. The van der Waals surface area contributed by atoms with Crippen LogP contribution in [0.25, 0.3) is 0 Å². The molecule has 0 spiro atoms. The number of aliphatic carboxylic acids is 1. The lowest BCUT2D eigenvalue weighted by Crippen LogP contribution is -2.46. The van der Waals surface area contributed by atoms with Gasteiger partial charge in [0.25, 0.3) is 0 Å². The number of imidazole rings is 1. The predicted molar refractivity (Wildman–Crippen MR) is 76.8 cm³/mol. The third kappa shape index (κ3) is 2.95. The number of aromatic amines is 1. The Hall–Kier alpha value is -2.21. The van der Waals surface area contributed by atoms with E-state index in [-0.39, 0.29) is 0 Å². The van der Waals surface area contributed by atoms with Gasteiger partial charge in [-0.1, -0.05) is 6.07 Å². The molecule has 0 saturated carbocycles. The van der Waals surface area contributed by atoms with E-state index < -0.39 is 12.0 Å². The number of rotatable bonds is 4. The Morgan fingerprint density at radius 2 is 2.38 bits per heavy atom. The predicted octanol–water partition coefficient (Wildman–Crippen LogP) is 1.17. The molecule has 3 rings (SSSR count). The summed E-state index contributed by atoms with van der Waals surface area (Å²) in [5.74, 6) is -0.791. The van der Waals surface area contributed by atoms with E-state index >= 15 is 0 Å². The molecule has 0 bridgehead atoms. The van der Waals surface area contributed by atoms with Gasteiger partial charge in [0.2, 0.25) is 0 Å². The summed E-state index contributed by atoms with van der Waals surface area (Å²) in [6, 6.07) is 5.41. The molecule has 6 heteroatoms. The normalized spacial score (nSPS) is 18.4. The van der Waals surface area contributed by atoms with Crippen molar-refractivity contribution in [3.05, 3.63) is 47.3 Å². The number of hydrogen-bond donors (Lipinski definition) is 2. The highest BCUT2D eigenvalue weighted by Crippen LogP contribution is 2.21. The Kier molecular flexibility index (Phi) is 3.70. The van der Waals surface area contributed by atoms with Gasteiger partial charge in [-0.05, 0) is 19.1 Å². The topological polar surface area (TPSA) is 82.1 Å². The number of aryl methyl sites for hydroxylation is 1. The summed E-state index contributed by atoms with van der Waals surface area (Å²) in [6.45, 7) is 3.23. The van der Waals surface area contributed by atoms with Crippen LogP contribution in [-0.4, -0.2) is 43.5 Å². The number of carboxylic acid groups (broad SMARTS) is 1. The lowest BCUT2D eigenvalue weighted by molar-refractivity contribution is -0.144. The van der Waals surface area contributed by atoms with Crippen LogP contribution in [0, 0.1) is 6.92 Å². The summed E-state index contributed by atoms with van der Waals surface area (Å²) in [7, 11) is 0. The molecular formula is C15H18N4O2. The van der Waals surface area contributed by atoms with Crippen LogP contribution in [-0.2, 0) is 24.2 Å². The van der Waals surface area contributed by atoms with Crippen LogP contribution in [0.5, 0.6) is 0 Å². The molecule has 6 nitrogen and oxygen atoms in total. The molecule has 0 aromatic carbocycles. The summed E-state index contributed by atoms with van der Waals surface area (Å²) in [5.41, 5.74) is 3.86. The molecule has 1 atom stereocenters. The first-order valence-electron chi connectivity index (χ1n) is 7.04. The zero-order valence-corrected chi connectivity index (χ0v) is 11.9. The summed E-state index contributed by atoms with van der Waals surface area (Å²) in [5, 5.41) is 9.42. The standard InChI is InChI=1S/C15H18N4O2/c1-10-3-2-4-11(18-10)5-6-19-8-13-12(16-9-17-13)7-14(19)15(20)21/h2-4,9,14H,5-8H2,1H3,(H,16,17)(H,20,21). The van der Waals surface area contributed by atoms with E-state index in [0.717, 1.165) is 29.2 Å². The van der Waals surface area contributed by atoms with Crippen molar-refractivity contribution in [1.29, 1.82) is 0 Å². The molecular weight excluding hydrogens is 268 g/mol. The first kappa shape index (κ1) is 13.8. The molecule has 2 aromatic rings. The van der Waals surface area contributed by atoms with Crippen molar-refractivity contribution >= 4 is 5.97 Å². The fourth-order valence-corrected chi connectivity index (χ4v) is 2.76. The van der Waals surface area contributed by atoms with Crippen molar-refractivity contribution in [2.45, 2.75) is 32.4 Å². The maximum Gasteiger partial charge on any atom is 0.321 e. The summed E-state index contributed by atoms with van der Waals surface area (Å²) in [6.07, 6.45) is 2.83. The van der Waals surface area contributed by atoms with Gasteiger partial charge in [-0.3, -0.25) is 14.7 Å². The molecule has 0 radical (unpaired) electrons. The molecule has 1 unspecified atom stereocenters. The van der Waals surface area contributed by atoms with Gasteiger partial charge in [0.1, 0.15) is 6.04 Å². The Morgan fingerprint density at radius 1 is 1.52 bits per heavy atom. The van der Waals surface area contributed by atoms with Crippen molar-refractivity contribution in [1.82, 2.24) is 19.9 Å².